The van der Waals surface area contributed by atoms with Gasteiger partial charge in [0, 0.05) is 28.3 Å². The molecule has 0 fully saturated rings. The van der Waals surface area contributed by atoms with E-state index in [1.54, 1.807) is 0 Å². The molecule has 8 nitrogen and oxygen atoms in total. The van der Waals surface area contributed by atoms with Crippen molar-refractivity contribution in [3.63, 3.8) is 0 Å². The zero-order valence-electron chi connectivity index (χ0n) is 12.8. The molecule has 0 aliphatic carbocycles. The van der Waals surface area contributed by atoms with E-state index < -0.39 is 26.3 Å². The Morgan fingerprint density at radius 2 is 1.45 bits per heavy atom. The predicted molar refractivity (Wildman–Crippen MR) is 80.3 cm³/mol. The first-order valence-electron chi connectivity index (χ1n) is 6.23. The minimum atomic E-state index is -3.78. The lowest BCUT2D eigenvalue weighted by molar-refractivity contribution is -0.0960. The number of sulfonamides is 2. The van der Waals surface area contributed by atoms with E-state index in [1.165, 1.54) is 52.6 Å². The lowest BCUT2D eigenvalue weighted by Gasteiger charge is -2.15. The van der Waals surface area contributed by atoms with Gasteiger partial charge in [-0.1, -0.05) is 0 Å². The highest BCUT2D eigenvalue weighted by molar-refractivity contribution is 7.89. The van der Waals surface area contributed by atoms with Gasteiger partial charge in [0.15, 0.2) is 6.29 Å². The summed E-state index contributed by atoms with van der Waals surface area (Å²) >= 11 is 0. The SMILES string of the molecule is COC(CNS(=O)(=O)c1ccc(S(=O)(=O)N(C)C)cc1)OC. The number of rotatable bonds is 8. The quantitative estimate of drug-likeness (QED) is 0.652. The Kier molecular flexibility index (Phi) is 6.47. The Labute approximate surface area is 131 Å². The molecule has 0 unspecified atom stereocenters. The first kappa shape index (κ1) is 19.0. The summed E-state index contributed by atoms with van der Waals surface area (Å²) in [7, 11) is -1.79. The summed E-state index contributed by atoms with van der Waals surface area (Å²) in [4.78, 5) is -0.0285. The molecule has 126 valence electrons. The maximum Gasteiger partial charge on any atom is 0.242 e. The second kappa shape index (κ2) is 7.49. The van der Waals surface area contributed by atoms with Crippen LogP contribution >= 0.6 is 0 Å². The Balaban J connectivity index is 2.95. The standard InChI is InChI=1S/C12H20N2O6S2/c1-14(2)22(17,18)11-7-5-10(6-8-11)21(15,16)13-9-12(19-3)20-4/h5-8,12-13H,9H2,1-4H3. The van der Waals surface area contributed by atoms with Gasteiger partial charge in [0.05, 0.1) is 16.3 Å². The maximum atomic E-state index is 12.1. The van der Waals surface area contributed by atoms with Crippen molar-refractivity contribution in [3.05, 3.63) is 24.3 Å². The third kappa shape index (κ3) is 4.48. The first-order chi connectivity index (χ1) is 10.1. The molecule has 0 saturated carbocycles. The van der Waals surface area contributed by atoms with Crippen LogP contribution in [-0.2, 0) is 29.5 Å². The summed E-state index contributed by atoms with van der Waals surface area (Å²) in [6.07, 6.45) is -0.705. The summed E-state index contributed by atoms with van der Waals surface area (Å²) in [6.45, 7) is -0.0624. The Morgan fingerprint density at radius 3 is 1.86 bits per heavy atom. The molecule has 0 amide bonds. The molecule has 0 aliphatic rings. The molecule has 0 atom stereocenters. The van der Waals surface area contributed by atoms with Gasteiger partial charge in [-0.25, -0.2) is 25.9 Å². The number of hydrogen-bond donors (Lipinski definition) is 1. The molecule has 1 aromatic rings. The Bertz CT molecular complexity index is 679. The molecule has 22 heavy (non-hydrogen) atoms. The van der Waals surface area contributed by atoms with Gasteiger partial charge in [0.25, 0.3) is 0 Å². The van der Waals surface area contributed by atoms with Crippen LogP contribution in [0.15, 0.2) is 34.1 Å². The van der Waals surface area contributed by atoms with Crippen LogP contribution < -0.4 is 4.72 Å². The highest BCUT2D eigenvalue weighted by atomic mass is 32.2. The first-order valence-corrected chi connectivity index (χ1v) is 9.15. The number of ether oxygens (including phenoxy) is 2. The smallest absolute Gasteiger partial charge is 0.242 e. The van der Waals surface area contributed by atoms with E-state index in [-0.39, 0.29) is 16.3 Å². The molecule has 10 heteroatoms. The van der Waals surface area contributed by atoms with Crippen LogP contribution in [0.1, 0.15) is 0 Å². The topological polar surface area (TPSA) is 102 Å². The summed E-state index contributed by atoms with van der Waals surface area (Å²) in [5.74, 6) is 0. The van der Waals surface area contributed by atoms with E-state index in [1.807, 2.05) is 0 Å². The molecule has 1 aromatic carbocycles. The van der Waals surface area contributed by atoms with E-state index in [9.17, 15) is 16.8 Å². The van der Waals surface area contributed by atoms with Gasteiger partial charge in [0.1, 0.15) is 0 Å². The summed E-state index contributed by atoms with van der Waals surface area (Å²) in [5.41, 5.74) is 0. The van der Waals surface area contributed by atoms with E-state index in [0.29, 0.717) is 0 Å². The van der Waals surface area contributed by atoms with Crippen LogP contribution in [0, 0.1) is 0 Å². The number of methoxy groups -OCH3 is 2. The van der Waals surface area contributed by atoms with Gasteiger partial charge in [0.2, 0.25) is 20.0 Å². The molecular formula is C12H20N2O6S2. The molecule has 0 heterocycles. The molecule has 1 rings (SSSR count). The number of nitrogens with zero attached hydrogens (tertiary/aromatic N) is 1. The van der Waals surface area contributed by atoms with E-state index in [4.69, 9.17) is 9.47 Å². The van der Waals surface area contributed by atoms with Gasteiger partial charge in [-0.15, -0.1) is 0 Å². The van der Waals surface area contributed by atoms with Crippen molar-refractivity contribution in [2.24, 2.45) is 0 Å². The second-order valence-corrected chi connectivity index (χ2v) is 8.43. The molecule has 0 spiro atoms. The van der Waals surface area contributed by atoms with Crippen LogP contribution in [0.25, 0.3) is 0 Å². The number of nitrogens with one attached hydrogen (secondary N) is 1. The van der Waals surface area contributed by atoms with Gasteiger partial charge >= 0.3 is 0 Å². The average Bonchev–Trinajstić information content (AvgIpc) is 2.48. The largest absolute Gasteiger partial charge is 0.355 e. The fourth-order valence-corrected chi connectivity index (χ4v) is 3.44. The molecule has 0 radical (unpaired) electrons. The van der Waals surface area contributed by atoms with E-state index >= 15 is 0 Å². The fourth-order valence-electron chi connectivity index (χ4n) is 1.53. The van der Waals surface area contributed by atoms with Crippen molar-refractivity contribution in [2.45, 2.75) is 16.1 Å². The molecule has 0 aliphatic heterocycles. The van der Waals surface area contributed by atoms with E-state index in [2.05, 4.69) is 4.72 Å². The van der Waals surface area contributed by atoms with Crippen molar-refractivity contribution in [3.8, 4) is 0 Å². The van der Waals surface area contributed by atoms with Crippen LogP contribution in [0.2, 0.25) is 0 Å². The lowest BCUT2D eigenvalue weighted by atomic mass is 10.4. The zero-order chi connectivity index (χ0) is 17.0. The van der Waals surface area contributed by atoms with Crippen LogP contribution in [-0.4, -0.2) is 62.3 Å². The minimum absolute atomic E-state index is 0.0168. The Morgan fingerprint density at radius 1 is 1.00 bits per heavy atom. The van der Waals surface area contributed by atoms with Crippen molar-refractivity contribution >= 4 is 20.0 Å². The summed E-state index contributed by atoms with van der Waals surface area (Å²) in [6, 6.07) is 4.95. The molecular weight excluding hydrogens is 332 g/mol. The summed E-state index contributed by atoms with van der Waals surface area (Å²) in [5, 5.41) is 0. The number of hydrogen-bond acceptors (Lipinski definition) is 6. The Hall–Kier alpha value is -1.04. The van der Waals surface area contributed by atoms with Crippen LogP contribution in [0.5, 0.6) is 0 Å². The highest BCUT2D eigenvalue weighted by Crippen LogP contribution is 2.16. The molecule has 0 saturated heterocycles. The number of benzene rings is 1. The highest BCUT2D eigenvalue weighted by Gasteiger charge is 2.20. The maximum absolute atomic E-state index is 12.1. The van der Waals surface area contributed by atoms with Crippen molar-refractivity contribution in [2.75, 3.05) is 34.9 Å². The van der Waals surface area contributed by atoms with Gasteiger partial charge in [-0.05, 0) is 24.3 Å². The van der Waals surface area contributed by atoms with Gasteiger partial charge in [-0.2, -0.15) is 0 Å². The normalized spacial score (nSPS) is 13.0. The minimum Gasteiger partial charge on any atom is -0.355 e. The monoisotopic (exact) mass is 352 g/mol. The van der Waals surface area contributed by atoms with Crippen molar-refractivity contribution in [1.29, 1.82) is 0 Å². The van der Waals surface area contributed by atoms with Crippen LogP contribution in [0.3, 0.4) is 0 Å². The van der Waals surface area contributed by atoms with Crippen molar-refractivity contribution in [1.82, 2.24) is 9.03 Å². The third-order valence-corrected chi connectivity index (χ3v) is 6.15. The molecule has 1 N–H and O–H groups in total. The average molecular weight is 352 g/mol. The molecule has 0 bridgehead atoms. The van der Waals surface area contributed by atoms with Gasteiger partial charge in [-0.3, -0.25) is 0 Å². The van der Waals surface area contributed by atoms with Crippen molar-refractivity contribution < 1.29 is 26.3 Å². The second-order valence-electron chi connectivity index (χ2n) is 4.51. The lowest BCUT2D eigenvalue weighted by Crippen LogP contribution is -2.34. The molecule has 0 aromatic heterocycles. The third-order valence-electron chi connectivity index (χ3n) is 2.88. The van der Waals surface area contributed by atoms with Crippen LogP contribution in [0.4, 0.5) is 0 Å². The predicted octanol–water partition coefficient (Wildman–Crippen LogP) is -0.166. The summed E-state index contributed by atoms with van der Waals surface area (Å²) < 4.78 is 61.1. The van der Waals surface area contributed by atoms with E-state index in [0.717, 1.165) is 4.31 Å². The fraction of sp³-hybridized carbons (Fsp3) is 0.500. The van der Waals surface area contributed by atoms with Gasteiger partial charge < -0.3 is 9.47 Å². The zero-order valence-corrected chi connectivity index (χ0v) is 14.4.